The zero-order valence-electron chi connectivity index (χ0n) is 16.3. The molecule has 2 N–H and O–H groups in total. The fourth-order valence-corrected chi connectivity index (χ4v) is 6.06. The Kier molecular flexibility index (Phi) is 6.22. The number of nitrogens with two attached hydrogens (primary N) is 1. The van der Waals surface area contributed by atoms with Crippen molar-refractivity contribution < 1.29 is 13.2 Å². The molecule has 2 unspecified atom stereocenters. The maximum atomic E-state index is 13.4. The van der Waals surface area contributed by atoms with E-state index in [1.54, 1.807) is 23.1 Å². The molecule has 2 heterocycles. The van der Waals surface area contributed by atoms with Crippen molar-refractivity contribution in [2.24, 2.45) is 5.73 Å². The summed E-state index contributed by atoms with van der Waals surface area (Å²) in [6.07, 6.45) is 2.50. The topological polar surface area (TPSA) is 83.7 Å². The molecular weight excluding hydrogens is 410 g/mol. The first kappa shape index (κ1) is 21.6. The summed E-state index contributed by atoms with van der Waals surface area (Å²) in [6.45, 7) is 2.99. The van der Waals surface area contributed by atoms with Gasteiger partial charge in [0.25, 0.3) is 15.9 Å². The Balaban J connectivity index is 0.00000240. The van der Waals surface area contributed by atoms with Crippen molar-refractivity contribution in [3.8, 4) is 0 Å². The number of anilines is 1. The molecule has 0 saturated carbocycles. The van der Waals surface area contributed by atoms with Gasteiger partial charge in [-0.15, -0.1) is 12.4 Å². The molecule has 8 heteroatoms. The first-order valence-corrected chi connectivity index (χ1v) is 11.1. The van der Waals surface area contributed by atoms with Crippen LogP contribution >= 0.6 is 12.4 Å². The molecule has 1 saturated heterocycles. The van der Waals surface area contributed by atoms with Gasteiger partial charge in [-0.05, 0) is 56.0 Å². The molecule has 2 atom stereocenters. The van der Waals surface area contributed by atoms with Crippen LogP contribution in [0.25, 0.3) is 0 Å². The van der Waals surface area contributed by atoms with E-state index in [0.29, 0.717) is 25.1 Å². The normalized spacial score (nSPS) is 21.0. The van der Waals surface area contributed by atoms with Crippen LogP contribution in [0.2, 0.25) is 0 Å². The monoisotopic (exact) mass is 435 g/mol. The number of para-hydroxylation sites is 1. The number of nitrogens with zero attached hydrogens (tertiary/aromatic N) is 2. The third-order valence-corrected chi connectivity index (χ3v) is 7.62. The molecule has 1 fully saturated rings. The third kappa shape index (κ3) is 3.74. The summed E-state index contributed by atoms with van der Waals surface area (Å²) in [5.41, 5.74) is 7.92. The Morgan fingerprint density at radius 3 is 2.69 bits per heavy atom. The number of carbonyl (C=O) groups excluding carboxylic acids is 1. The van der Waals surface area contributed by atoms with E-state index in [9.17, 15) is 13.2 Å². The molecule has 2 aliphatic heterocycles. The van der Waals surface area contributed by atoms with Crippen LogP contribution in [0.15, 0.2) is 53.4 Å². The molecule has 2 aromatic carbocycles. The van der Waals surface area contributed by atoms with Crippen molar-refractivity contribution in [3.05, 3.63) is 59.7 Å². The van der Waals surface area contributed by atoms with Gasteiger partial charge in [0, 0.05) is 30.7 Å². The lowest BCUT2D eigenvalue weighted by molar-refractivity contribution is 0.0741. The number of benzene rings is 2. The lowest BCUT2D eigenvalue weighted by Crippen LogP contribution is -2.40. The molecule has 1 amide bonds. The fraction of sp³-hybridized carbons (Fsp3) is 0.381. The standard InChI is InChI=1S/C21H25N3O3S.ClH/c1-15-12-16-6-2-3-10-20(16)24(15)28(26,27)19-9-4-7-17(13-19)21(25)23-11-5-8-18(23)14-22;/h2-4,6-7,9-10,13,15,18H,5,8,11-12,14,22H2,1H3;1H. The number of sulfonamides is 1. The summed E-state index contributed by atoms with van der Waals surface area (Å²) in [6, 6.07) is 13.8. The van der Waals surface area contributed by atoms with E-state index in [2.05, 4.69) is 0 Å². The van der Waals surface area contributed by atoms with E-state index in [-0.39, 0.29) is 35.3 Å². The van der Waals surface area contributed by atoms with Crippen molar-refractivity contribution in [1.82, 2.24) is 4.90 Å². The second kappa shape index (κ2) is 8.34. The van der Waals surface area contributed by atoms with Crippen molar-refractivity contribution in [2.75, 3.05) is 17.4 Å². The van der Waals surface area contributed by atoms with Crippen LogP contribution in [0.4, 0.5) is 5.69 Å². The maximum Gasteiger partial charge on any atom is 0.264 e. The molecule has 2 aliphatic rings. The summed E-state index contributed by atoms with van der Waals surface area (Å²) in [5.74, 6) is -0.153. The minimum atomic E-state index is -3.76. The van der Waals surface area contributed by atoms with Crippen LogP contribution < -0.4 is 10.0 Å². The van der Waals surface area contributed by atoms with Gasteiger partial charge in [-0.3, -0.25) is 9.10 Å². The van der Waals surface area contributed by atoms with Crippen molar-refractivity contribution in [2.45, 2.75) is 43.2 Å². The molecule has 0 aromatic heterocycles. The van der Waals surface area contributed by atoms with Crippen LogP contribution in [-0.4, -0.2) is 44.4 Å². The highest BCUT2D eigenvalue weighted by Crippen LogP contribution is 2.36. The van der Waals surface area contributed by atoms with Gasteiger partial charge in [-0.2, -0.15) is 0 Å². The minimum absolute atomic E-state index is 0. The summed E-state index contributed by atoms with van der Waals surface area (Å²) in [5, 5.41) is 0. The third-order valence-electron chi connectivity index (χ3n) is 5.69. The zero-order chi connectivity index (χ0) is 19.9. The number of hydrogen-bond donors (Lipinski definition) is 1. The SMILES string of the molecule is CC1Cc2ccccc2N1S(=O)(=O)c1cccc(C(=O)N2CCCC2CN)c1.Cl. The smallest absolute Gasteiger partial charge is 0.264 e. The highest BCUT2D eigenvalue weighted by atomic mass is 35.5. The van der Waals surface area contributed by atoms with Crippen molar-refractivity contribution in [1.29, 1.82) is 0 Å². The first-order valence-electron chi connectivity index (χ1n) is 9.67. The molecule has 6 nitrogen and oxygen atoms in total. The highest BCUT2D eigenvalue weighted by Gasteiger charge is 2.36. The van der Waals surface area contributed by atoms with E-state index in [1.165, 1.54) is 10.4 Å². The van der Waals surface area contributed by atoms with Gasteiger partial charge in [0.1, 0.15) is 0 Å². The quantitative estimate of drug-likeness (QED) is 0.800. The Labute approximate surface area is 178 Å². The summed E-state index contributed by atoms with van der Waals surface area (Å²) in [4.78, 5) is 14.8. The number of fused-ring (bicyclic) bond motifs is 1. The summed E-state index contributed by atoms with van der Waals surface area (Å²) < 4.78 is 28.3. The minimum Gasteiger partial charge on any atom is -0.334 e. The van der Waals surface area contributed by atoms with Crippen LogP contribution in [0.3, 0.4) is 0 Å². The number of amides is 1. The largest absolute Gasteiger partial charge is 0.334 e. The number of carbonyl (C=O) groups is 1. The van der Waals surface area contributed by atoms with Gasteiger partial charge >= 0.3 is 0 Å². The van der Waals surface area contributed by atoms with Crippen LogP contribution in [0, 0.1) is 0 Å². The molecule has 4 rings (SSSR count). The summed E-state index contributed by atoms with van der Waals surface area (Å²) >= 11 is 0. The molecule has 0 bridgehead atoms. The van der Waals surface area contributed by atoms with Gasteiger partial charge in [0.2, 0.25) is 0 Å². The molecule has 0 radical (unpaired) electrons. The zero-order valence-corrected chi connectivity index (χ0v) is 18.0. The van der Waals surface area contributed by atoms with Gasteiger partial charge in [-0.25, -0.2) is 8.42 Å². The average Bonchev–Trinajstić information content (AvgIpc) is 3.30. The van der Waals surface area contributed by atoms with Gasteiger partial charge in [0.05, 0.1) is 10.6 Å². The van der Waals surface area contributed by atoms with Crippen molar-refractivity contribution in [3.63, 3.8) is 0 Å². The Bertz CT molecular complexity index is 1010. The lowest BCUT2D eigenvalue weighted by Gasteiger charge is -2.26. The predicted molar refractivity (Wildman–Crippen MR) is 116 cm³/mol. The van der Waals surface area contributed by atoms with E-state index < -0.39 is 10.0 Å². The van der Waals surface area contributed by atoms with Gasteiger partial charge in [-0.1, -0.05) is 24.3 Å². The predicted octanol–water partition coefficient (Wildman–Crippen LogP) is 2.81. The van der Waals surface area contributed by atoms with Gasteiger partial charge in [0.15, 0.2) is 0 Å². The van der Waals surface area contributed by atoms with Crippen LogP contribution in [0.1, 0.15) is 35.7 Å². The second-order valence-electron chi connectivity index (χ2n) is 7.54. The van der Waals surface area contributed by atoms with Crippen LogP contribution in [-0.2, 0) is 16.4 Å². The number of rotatable bonds is 4. The highest BCUT2D eigenvalue weighted by molar-refractivity contribution is 7.92. The molecule has 156 valence electrons. The van der Waals surface area contributed by atoms with E-state index >= 15 is 0 Å². The average molecular weight is 436 g/mol. The van der Waals surface area contributed by atoms with E-state index in [1.807, 2.05) is 31.2 Å². The van der Waals surface area contributed by atoms with Crippen molar-refractivity contribution >= 4 is 34.0 Å². The number of hydrogen-bond acceptors (Lipinski definition) is 4. The molecular formula is C21H26ClN3O3S. The molecule has 0 spiro atoms. The molecule has 2 aromatic rings. The Hall–Kier alpha value is -2.09. The molecule has 0 aliphatic carbocycles. The Morgan fingerprint density at radius 2 is 1.93 bits per heavy atom. The molecule has 29 heavy (non-hydrogen) atoms. The first-order chi connectivity index (χ1) is 13.4. The Morgan fingerprint density at radius 1 is 1.17 bits per heavy atom. The van der Waals surface area contributed by atoms with E-state index in [0.717, 1.165) is 24.1 Å². The number of halogens is 1. The maximum absolute atomic E-state index is 13.4. The van der Waals surface area contributed by atoms with Gasteiger partial charge < -0.3 is 10.6 Å². The summed E-state index contributed by atoms with van der Waals surface area (Å²) in [7, 11) is -3.76. The fourth-order valence-electron chi connectivity index (χ4n) is 4.32. The lowest BCUT2D eigenvalue weighted by atomic mass is 10.1. The van der Waals surface area contributed by atoms with Crippen LogP contribution in [0.5, 0.6) is 0 Å². The van der Waals surface area contributed by atoms with E-state index in [4.69, 9.17) is 5.73 Å². The number of likely N-dealkylation sites (tertiary alicyclic amines) is 1. The second-order valence-corrected chi connectivity index (χ2v) is 9.36.